The van der Waals surface area contributed by atoms with Gasteiger partial charge in [-0.25, -0.2) is 4.98 Å². The average Bonchev–Trinajstić information content (AvgIpc) is 3.06. The molecule has 0 aliphatic rings. The van der Waals surface area contributed by atoms with Crippen molar-refractivity contribution in [3.05, 3.63) is 27.4 Å². The van der Waals surface area contributed by atoms with Gasteiger partial charge in [0.15, 0.2) is 5.13 Å². The molecule has 0 radical (unpaired) electrons. The number of ether oxygens (including phenoxy) is 1. The fourth-order valence-electron chi connectivity index (χ4n) is 1.58. The number of hydrogen-bond donors (Lipinski definition) is 1. The number of carbonyl (C=O) groups excluding carboxylic acids is 1. The Morgan fingerprint density at radius 2 is 2.24 bits per heavy atom. The van der Waals surface area contributed by atoms with E-state index in [4.69, 9.17) is 0 Å². The Morgan fingerprint density at radius 1 is 1.48 bits per heavy atom. The van der Waals surface area contributed by atoms with Crippen LogP contribution in [-0.2, 0) is 0 Å². The van der Waals surface area contributed by atoms with Crippen molar-refractivity contribution < 1.29 is 18.3 Å². The summed E-state index contributed by atoms with van der Waals surface area (Å²) in [6.07, 6.45) is 0.953. The summed E-state index contributed by atoms with van der Waals surface area (Å²) in [5, 5.41) is 6.47. The first-order valence-corrected chi connectivity index (χ1v) is 8.06. The third-order valence-electron chi connectivity index (χ3n) is 2.91. The van der Waals surface area contributed by atoms with Gasteiger partial charge in [0.2, 0.25) is 0 Å². The van der Waals surface area contributed by atoms with Crippen molar-refractivity contribution in [3.63, 3.8) is 0 Å². The summed E-state index contributed by atoms with van der Waals surface area (Å²) in [6, 6.07) is 1.35. The van der Waals surface area contributed by atoms with Crippen molar-refractivity contribution in [1.29, 1.82) is 0 Å². The Kier molecular flexibility index (Phi) is 5.24. The lowest BCUT2D eigenvalue weighted by Gasteiger charge is -2.05. The van der Waals surface area contributed by atoms with Crippen LogP contribution in [0.15, 0.2) is 16.8 Å². The third kappa shape index (κ3) is 3.98. The summed E-state index contributed by atoms with van der Waals surface area (Å²) < 4.78 is 28.8. The molecular weight excluding hydrogens is 318 g/mol. The van der Waals surface area contributed by atoms with Gasteiger partial charge in [-0.05, 0) is 23.8 Å². The fourth-order valence-corrected chi connectivity index (χ4v) is 3.13. The SMILES string of the molecule is CCC(C)c1csc(NC(=O)c2sccc2OC(F)F)n1. The average molecular weight is 332 g/mol. The van der Waals surface area contributed by atoms with E-state index in [-0.39, 0.29) is 10.6 Å². The van der Waals surface area contributed by atoms with Crippen molar-refractivity contribution in [2.24, 2.45) is 0 Å². The summed E-state index contributed by atoms with van der Waals surface area (Å²) in [5.74, 6) is -0.303. The molecule has 8 heteroatoms. The van der Waals surface area contributed by atoms with Gasteiger partial charge in [-0.1, -0.05) is 13.8 Å². The van der Waals surface area contributed by atoms with E-state index < -0.39 is 12.5 Å². The van der Waals surface area contributed by atoms with E-state index in [0.29, 0.717) is 11.0 Å². The van der Waals surface area contributed by atoms with E-state index in [1.54, 1.807) is 0 Å². The second kappa shape index (κ2) is 6.95. The summed E-state index contributed by atoms with van der Waals surface area (Å²) in [4.78, 5) is 16.5. The summed E-state index contributed by atoms with van der Waals surface area (Å²) in [6.45, 7) is 1.15. The normalized spacial score (nSPS) is 12.4. The molecule has 1 atom stereocenters. The molecule has 0 aliphatic carbocycles. The molecule has 21 heavy (non-hydrogen) atoms. The maximum atomic E-state index is 12.2. The van der Waals surface area contributed by atoms with Gasteiger partial charge in [-0.3, -0.25) is 10.1 Å². The zero-order chi connectivity index (χ0) is 15.4. The molecule has 0 saturated carbocycles. The molecule has 0 fully saturated rings. The molecule has 2 aromatic rings. The quantitative estimate of drug-likeness (QED) is 0.843. The number of alkyl halides is 2. The summed E-state index contributed by atoms with van der Waals surface area (Å²) in [7, 11) is 0. The van der Waals surface area contributed by atoms with Crippen LogP contribution in [0.5, 0.6) is 5.75 Å². The molecule has 2 aromatic heterocycles. The fraction of sp³-hybridized carbons (Fsp3) is 0.385. The van der Waals surface area contributed by atoms with Crippen LogP contribution >= 0.6 is 22.7 Å². The minimum Gasteiger partial charge on any atom is -0.433 e. The second-order valence-corrected chi connectivity index (χ2v) is 6.11. The number of halogens is 2. The highest BCUT2D eigenvalue weighted by Gasteiger charge is 2.19. The maximum Gasteiger partial charge on any atom is 0.387 e. The van der Waals surface area contributed by atoms with E-state index in [1.807, 2.05) is 5.38 Å². The van der Waals surface area contributed by atoms with Crippen LogP contribution in [0.3, 0.4) is 0 Å². The zero-order valence-corrected chi connectivity index (χ0v) is 13.1. The number of nitrogens with one attached hydrogen (secondary N) is 1. The highest BCUT2D eigenvalue weighted by Crippen LogP contribution is 2.29. The van der Waals surface area contributed by atoms with Gasteiger partial charge < -0.3 is 4.74 Å². The third-order valence-corrected chi connectivity index (χ3v) is 4.58. The molecule has 0 saturated heterocycles. The molecule has 0 bridgehead atoms. The molecule has 0 aliphatic heterocycles. The first-order valence-electron chi connectivity index (χ1n) is 6.30. The van der Waals surface area contributed by atoms with E-state index in [0.717, 1.165) is 23.5 Å². The molecule has 2 heterocycles. The monoisotopic (exact) mass is 332 g/mol. The molecule has 1 unspecified atom stereocenters. The van der Waals surface area contributed by atoms with Gasteiger partial charge in [-0.15, -0.1) is 22.7 Å². The van der Waals surface area contributed by atoms with Gasteiger partial charge >= 0.3 is 6.61 Å². The predicted octanol–water partition coefficient (Wildman–Crippen LogP) is 4.57. The van der Waals surface area contributed by atoms with Gasteiger partial charge in [-0.2, -0.15) is 8.78 Å². The topological polar surface area (TPSA) is 51.2 Å². The van der Waals surface area contributed by atoms with Gasteiger partial charge in [0.1, 0.15) is 10.6 Å². The number of carbonyl (C=O) groups is 1. The predicted molar refractivity (Wildman–Crippen MR) is 79.7 cm³/mol. The summed E-state index contributed by atoms with van der Waals surface area (Å²) in [5.41, 5.74) is 0.910. The van der Waals surface area contributed by atoms with Gasteiger partial charge in [0.25, 0.3) is 5.91 Å². The van der Waals surface area contributed by atoms with Crippen molar-refractivity contribution in [3.8, 4) is 5.75 Å². The molecule has 0 spiro atoms. The van der Waals surface area contributed by atoms with Crippen LogP contribution in [-0.4, -0.2) is 17.5 Å². The Morgan fingerprint density at radius 3 is 2.90 bits per heavy atom. The standard InChI is InChI=1S/C13H14F2N2O2S2/c1-3-7(2)8-6-21-13(16-8)17-11(18)10-9(4-5-20-10)19-12(14)15/h4-7,12H,3H2,1-2H3,(H,16,17,18). The first-order chi connectivity index (χ1) is 10.0. The Hall–Kier alpha value is -1.54. The minimum absolute atomic E-state index is 0.107. The molecule has 114 valence electrons. The van der Waals surface area contributed by atoms with Crippen molar-refractivity contribution in [2.75, 3.05) is 5.32 Å². The van der Waals surface area contributed by atoms with Crippen LogP contribution in [0.1, 0.15) is 41.6 Å². The van der Waals surface area contributed by atoms with E-state index in [2.05, 4.69) is 28.9 Å². The number of hydrogen-bond acceptors (Lipinski definition) is 5. The molecule has 2 rings (SSSR count). The second-order valence-electron chi connectivity index (χ2n) is 4.33. The number of amides is 1. The number of aromatic nitrogens is 1. The largest absolute Gasteiger partial charge is 0.433 e. The Bertz CT molecular complexity index is 613. The van der Waals surface area contributed by atoms with Crippen LogP contribution in [0.4, 0.5) is 13.9 Å². The number of anilines is 1. The lowest BCUT2D eigenvalue weighted by molar-refractivity contribution is -0.0498. The number of thiazole rings is 1. The van der Waals surface area contributed by atoms with Crippen molar-refractivity contribution in [1.82, 2.24) is 4.98 Å². The number of thiophene rings is 1. The van der Waals surface area contributed by atoms with E-state index in [9.17, 15) is 13.6 Å². The first kappa shape index (κ1) is 15.8. The Labute approximate surface area is 128 Å². The molecule has 1 N–H and O–H groups in total. The lowest BCUT2D eigenvalue weighted by atomic mass is 10.1. The molecule has 1 amide bonds. The smallest absolute Gasteiger partial charge is 0.387 e. The molecular formula is C13H14F2N2O2S2. The van der Waals surface area contributed by atoms with Crippen LogP contribution in [0, 0.1) is 0 Å². The Balaban J connectivity index is 2.08. The van der Waals surface area contributed by atoms with Crippen LogP contribution < -0.4 is 10.1 Å². The molecule has 0 aromatic carbocycles. The van der Waals surface area contributed by atoms with Gasteiger partial charge in [0.05, 0.1) is 5.69 Å². The van der Waals surface area contributed by atoms with Crippen molar-refractivity contribution >= 4 is 33.7 Å². The van der Waals surface area contributed by atoms with Crippen LogP contribution in [0.2, 0.25) is 0 Å². The van der Waals surface area contributed by atoms with Crippen molar-refractivity contribution in [2.45, 2.75) is 32.8 Å². The number of nitrogens with zero attached hydrogens (tertiary/aromatic N) is 1. The van der Waals surface area contributed by atoms with Crippen LogP contribution in [0.25, 0.3) is 0 Å². The molecule has 4 nitrogen and oxygen atoms in total. The number of rotatable bonds is 6. The van der Waals surface area contributed by atoms with Gasteiger partial charge in [0, 0.05) is 5.38 Å². The van der Waals surface area contributed by atoms with E-state index >= 15 is 0 Å². The lowest BCUT2D eigenvalue weighted by Crippen LogP contribution is -2.13. The zero-order valence-electron chi connectivity index (χ0n) is 11.4. The highest BCUT2D eigenvalue weighted by atomic mass is 32.1. The minimum atomic E-state index is -2.96. The summed E-state index contributed by atoms with van der Waals surface area (Å²) >= 11 is 2.35. The maximum absolute atomic E-state index is 12.2. The van der Waals surface area contributed by atoms with E-state index in [1.165, 1.54) is 22.8 Å². The highest BCUT2D eigenvalue weighted by molar-refractivity contribution is 7.14.